The number of phosphoric ester groups is 2. The van der Waals surface area contributed by atoms with Crippen LogP contribution in [0.4, 0.5) is 4.79 Å². The van der Waals surface area contributed by atoms with E-state index in [1.165, 1.54) is 270 Å². The zero-order chi connectivity index (χ0) is 83.4. The van der Waals surface area contributed by atoms with Crippen molar-refractivity contribution in [1.29, 1.82) is 0 Å². The van der Waals surface area contributed by atoms with E-state index in [-0.39, 0.29) is 137 Å². The monoisotopic (exact) mass is 1710 g/mol. The molecule has 0 aliphatic carbocycles. The topological polar surface area (TPSA) is 269 Å². The summed E-state index contributed by atoms with van der Waals surface area (Å²) in [7, 11) is -9.37. The molecule has 6 amide bonds. The van der Waals surface area contributed by atoms with Gasteiger partial charge in [0.1, 0.15) is 0 Å². The fourth-order valence-electron chi connectivity index (χ4n) is 15.3. The maximum atomic E-state index is 13.6. The first kappa shape index (κ1) is 120. The summed E-state index contributed by atoms with van der Waals surface area (Å²) in [6.07, 6.45) is 78.8. The summed E-state index contributed by atoms with van der Waals surface area (Å²) in [6.45, 7) is 11.7. The van der Waals surface area contributed by atoms with E-state index in [0.29, 0.717) is 51.4 Å². The Kier molecular flexibility index (Phi) is 94.8. The van der Waals surface area contributed by atoms with E-state index in [0.717, 1.165) is 141 Å². The Bertz CT molecular complexity index is 2120. The van der Waals surface area contributed by atoms with E-state index in [9.17, 15) is 42.9 Å². The molecule has 0 aromatic heterocycles. The average Bonchev–Trinajstić information content (AvgIpc) is 0.906. The minimum absolute atomic E-state index is 0. The number of nitrogens with one attached hydrogen (secondary N) is 6. The van der Waals surface area contributed by atoms with Gasteiger partial charge in [-0.3, -0.25) is 37.3 Å². The number of urea groups is 1. The molecule has 23 heteroatoms. The van der Waals surface area contributed by atoms with Crippen molar-refractivity contribution < 1.29 is 123 Å². The zero-order valence-electron chi connectivity index (χ0n) is 79.2. The quantitative estimate of drug-likeness (QED) is 0.0160. The number of unbranched alkanes of at least 4 members (excludes halogenated alkanes) is 56. The van der Waals surface area contributed by atoms with Crippen LogP contribution in [0.5, 0.6) is 0 Å². The molecule has 0 aromatic rings. The molecule has 0 spiro atoms. The molecule has 0 fully saturated rings. The van der Waals surface area contributed by atoms with Gasteiger partial charge in [0.05, 0.1) is 38.5 Å². The predicted octanol–water partition coefficient (Wildman–Crippen LogP) is 20.9. The molecule has 0 radical (unpaired) electrons. The first-order chi connectivity index (χ1) is 55.5. The third-order valence-corrected chi connectivity index (χ3v) is 24.7. The Balaban J connectivity index is -0.0000106. The molecule has 0 heterocycles. The van der Waals surface area contributed by atoms with Gasteiger partial charge in [-0.2, -0.15) is 0 Å². The molecule has 116 heavy (non-hydrogen) atoms. The van der Waals surface area contributed by atoms with Gasteiger partial charge in [-0.1, -0.05) is 414 Å². The third-order valence-electron chi connectivity index (χ3n) is 22.7. The molecule has 0 aliphatic rings. The number of carbonyl (C=O) groups excluding carboxylic acids is 5. The van der Waals surface area contributed by atoms with E-state index in [1.807, 2.05) is 0 Å². The number of phosphoric acid groups is 2. The third kappa shape index (κ3) is 88.2. The van der Waals surface area contributed by atoms with Crippen molar-refractivity contribution in [2.45, 2.75) is 528 Å². The van der Waals surface area contributed by atoms with E-state index in [2.05, 4.69) is 73.4 Å². The standard InChI is InChI=1S/C93H186N6O13P2.2Na.2H/c1-7-13-19-25-31-37-41-47-51-57-63-69-85(96-89(100)71-65-59-53-45-35-29-23-17-11-5)75-77-87(98-91(102)73-67-61-55-49-43-39-33-27-21-15-9-3)83-111-113(105,106)109-81-79-94-93(104)95-80-82-110-114(107,108)112-84-88(99-92(103)74-68-62-56-50-44-40-34-28-22-16-10-4)78-76-86(70-64-58-52-48-42-38-32-26-20-14-8-2)97-90(101)72-66-60-54-46-36-30-24-18-12-6;;;;/h85-88H,7-84H2,1-6H3,(H,96,100)(H,97,101)(H,98,102)(H,99,103)(H,105,106)(H,107,108)(H2,94,95,104);;;;/q;2*+1;2*-1/t85?,86?,87-,88-;;;;/m1..../s1. The first-order valence-electron chi connectivity index (χ1n) is 49.0. The Morgan fingerprint density at radius 2 is 0.422 bits per heavy atom. The van der Waals surface area contributed by atoms with Crippen molar-refractivity contribution in [1.82, 2.24) is 31.9 Å². The normalized spacial score (nSPS) is 13.5. The molecule has 8 N–H and O–H groups in total. The minimum atomic E-state index is -4.68. The van der Waals surface area contributed by atoms with Crippen molar-refractivity contribution >= 4 is 45.3 Å². The molecule has 6 atom stereocenters. The van der Waals surface area contributed by atoms with Gasteiger partial charge < -0.3 is 44.5 Å². The fourth-order valence-corrected chi connectivity index (χ4v) is 16.9. The molecule has 0 aromatic carbocycles. The molecular weight excluding hydrogens is 1520 g/mol. The van der Waals surface area contributed by atoms with Crippen molar-refractivity contribution in [2.75, 3.05) is 39.5 Å². The summed E-state index contributed by atoms with van der Waals surface area (Å²) < 4.78 is 48.6. The second kappa shape index (κ2) is 92.0. The Morgan fingerprint density at radius 3 is 0.629 bits per heavy atom. The van der Waals surface area contributed by atoms with Crippen LogP contribution >= 0.6 is 15.6 Å². The largest absolute Gasteiger partial charge is 1.00 e. The molecule has 19 nitrogen and oxygen atoms in total. The molecule has 680 valence electrons. The van der Waals surface area contributed by atoms with E-state index in [4.69, 9.17) is 18.1 Å². The molecule has 4 unspecified atom stereocenters. The van der Waals surface area contributed by atoms with Crippen LogP contribution in [0.25, 0.3) is 0 Å². The van der Waals surface area contributed by atoms with E-state index >= 15 is 0 Å². The van der Waals surface area contributed by atoms with E-state index in [1.54, 1.807) is 0 Å². The predicted molar refractivity (Wildman–Crippen MR) is 481 cm³/mol. The van der Waals surface area contributed by atoms with Crippen LogP contribution in [0.3, 0.4) is 0 Å². The van der Waals surface area contributed by atoms with Crippen LogP contribution in [-0.4, -0.2) is 103 Å². The first-order valence-corrected chi connectivity index (χ1v) is 51.9. The van der Waals surface area contributed by atoms with Gasteiger partial charge in [0.25, 0.3) is 0 Å². The van der Waals surface area contributed by atoms with Crippen molar-refractivity contribution in [3.8, 4) is 0 Å². The van der Waals surface area contributed by atoms with Crippen LogP contribution in [0.15, 0.2) is 0 Å². The second-order valence-electron chi connectivity index (χ2n) is 34.0. The van der Waals surface area contributed by atoms with Gasteiger partial charge in [-0.15, -0.1) is 0 Å². The summed E-state index contributed by atoms with van der Waals surface area (Å²) >= 11 is 0. The van der Waals surface area contributed by atoms with Crippen LogP contribution in [0, 0.1) is 0 Å². The van der Waals surface area contributed by atoms with Crippen LogP contribution in [-0.2, 0) is 46.4 Å². The summed E-state index contributed by atoms with van der Waals surface area (Å²) in [5.41, 5.74) is 0. The number of hydrogen-bond donors (Lipinski definition) is 8. The van der Waals surface area contributed by atoms with Crippen molar-refractivity contribution in [3.05, 3.63) is 0 Å². The maximum Gasteiger partial charge on any atom is 1.00 e. The SMILES string of the molecule is CCCCCCCCCCCCCC(=O)N[C@H](CCC(CCCCCCCCCCCCC)NC(=O)CCCCCCCCCCC)COP(=O)(O)OCCNC(=O)NCCOP(=O)(O)OC[C@@H](CCC(CCCCCCCCCCCCC)NC(=O)CCCCCCCCCCC)NC(=O)CCCCCCCCCCCCC.[H-].[H-].[Na+].[Na+]. The van der Waals surface area contributed by atoms with Crippen LogP contribution in [0.2, 0.25) is 0 Å². The Morgan fingerprint density at radius 1 is 0.250 bits per heavy atom. The molecule has 0 saturated heterocycles. The number of carbonyl (C=O) groups is 5. The molecule has 0 aliphatic heterocycles. The van der Waals surface area contributed by atoms with E-state index < -0.39 is 33.8 Å². The van der Waals surface area contributed by atoms with Gasteiger partial charge in [0, 0.05) is 50.9 Å². The molecule has 0 bridgehead atoms. The minimum Gasteiger partial charge on any atom is -1.00 e. The van der Waals surface area contributed by atoms with Gasteiger partial charge in [-0.25, -0.2) is 13.9 Å². The maximum absolute atomic E-state index is 13.6. The van der Waals surface area contributed by atoms with Crippen molar-refractivity contribution in [2.24, 2.45) is 0 Å². The number of hydrogen-bond acceptors (Lipinski definition) is 11. The fraction of sp³-hybridized carbons (Fsp3) is 0.946. The summed E-state index contributed by atoms with van der Waals surface area (Å²) in [5, 5.41) is 18.0. The smallest absolute Gasteiger partial charge is 1.00 e. The number of amides is 6. The Hall–Kier alpha value is -0.630. The van der Waals surface area contributed by atoms with Gasteiger partial charge in [0.15, 0.2) is 0 Å². The molecular formula is C93H188N6Na2O13P2. The Labute approximate surface area is 761 Å². The summed E-state index contributed by atoms with van der Waals surface area (Å²) in [5.74, 6) is -0.222. The number of rotatable bonds is 92. The molecule has 0 rings (SSSR count). The van der Waals surface area contributed by atoms with Crippen molar-refractivity contribution in [3.63, 3.8) is 0 Å². The summed E-state index contributed by atoms with van der Waals surface area (Å²) in [4.78, 5) is 89.0. The summed E-state index contributed by atoms with van der Waals surface area (Å²) in [6, 6.07) is -2.19. The second-order valence-corrected chi connectivity index (χ2v) is 36.9. The van der Waals surface area contributed by atoms with Gasteiger partial charge >= 0.3 is 80.8 Å². The van der Waals surface area contributed by atoms with Crippen LogP contribution in [0.1, 0.15) is 507 Å². The van der Waals surface area contributed by atoms with Gasteiger partial charge in [-0.05, 0) is 64.2 Å². The zero-order valence-corrected chi connectivity index (χ0v) is 83.0. The van der Waals surface area contributed by atoms with Gasteiger partial charge in [0.2, 0.25) is 23.6 Å². The average molecular weight is 1710 g/mol. The van der Waals surface area contributed by atoms with Crippen LogP contribution < -0.4 is 91.0 Å². The molecule has 0 saturated carbocycles.